The molecule has 0 saturated carbocycles. The van der Waals surface area contributed by atoms with Crippen molar-refractivity contribution in [2.75, 3.05) is 20.3 Å². The molecule has 1 atom stereocenters. The zero-order valence-electron chi connectivity index (χ0n) is 7.99. The molecular weight excluding hydrogens is 174 g/mol. The predicted molar refractivity (Wildman–Crippen MR) is 45.4 cm³/mol. The first-order chi connectivity index (χ1) is 6.14. The summed E-state index contributed by atoms with van der Waals surface area (Å²) in [4.78, 5) is 15.9. The summed E-state index contributed by atoms with van der Waals surface area (Å²) in [5.74, 6) is -0.482. The van der Waals surface area contributed by atoms with Gasteiger partial charge in [0.25, 0.3) is 0 Å². The molecule has 0 aliphatic carbocycles. The summed E-state index contributed by atoms with van der Waals surface area (Å²) in [6.07, 6.45) is 0. The molecule has 0 bridgehead atoms. The third-order valence-corrected chi connectivity index (χ3v) is 1.73. The van der Waals surface area contributed by atoms with Crippen LogP contribution in [0.3, 0.4) is 0 Å². The maximum Gasteiger partial charge on any atom is 0.359 e. The van der Waals surface area contributed by atoms with Crippen LogP contribution in [-0.2, 0) is 19.1 Å². The maximum absolute atomic E-state index is 11.3. The second kappa shape index (κ2) is 3.74. The summed E-state index contributed by atoms with van der Waals surface area (Å²) >= 11 is 0. The Morgan fingerprint density at radius 2 is 2.31 bits per heavy atom. The average Bonchev–Trinajstić information content (AvgIpc) is 2.81. The molecule has 0 spiro atoms. The highest BCUT2D eigenvalue weighted by molar-refractivity contribution is 6.40. The predicted octanol–water partition coefficient (Wildman–Crippen LogP) is 0.341. The lowest BCUT2D eigenvalue weighted by molar-refractivity contribution is -0.135. The van der Waals surface area contributed by atoms with Gasteiger partial charge in [0.1, 0.15) is 12.7 Å². The monoisotopic (exact) mass is 187 g/mol. The molecule has 1 aliphatic rings. The summed E-state index contributed by atoms with van der Waals surface area (Å²) in [7, 11) is 1.38. The summed E-state index contributed by atoms with van der Waals surface area (Å²) < 4.78 is 9.86. The number of hydrogen-bond acceptors (Lipinski definition) is 5. The molecule has 13 heavy (non-hydrogen) atoms. The molecule has 1 saturated heterocycles. The molecular formula is C8H13NO4. The van der Waals surface area contributed by atoms with Crippen LogP contribution in [0.2, 0.25) is 0 Å². The first kappa shape index (κ1) is 9.98. The fraction of sp³-hybridized carbons (Fsp3) is 0.750. The van der Waals surface area contributed by atoms with E-state index in [-0.39, 0.29) is 5.71 Å². The van der Waals surface area contributed by atoms with Gasteiger partial charge < -0.3 is 14.3 Å². The van der Waals surface area contributed by atoms with Crippen molar-refractivity contribution in [2.45, 2.75) is 19.4 Å². The number of ether oxygens (including phenoxy) is 2. The van der Waals surface area contributed by atoms with Crippen LogP contribution in [0.4, 0.5) is 0 Å². The molecule has 1 aliphatic heterocycles. The molecule has 1 unspecified atom stereocenters. The number of nitrogens with zero attached hydrogens (tertiary/aromatic N) is 1. The van der Waals surface area contributed by atoms with E-state index in [9.17, 15) is 4.79 Å². The van der Waals surface area contributed by atoms with Crippen molar-refractivity contribution < 1.29 is 19.1 Å². The topological polar surface area (TPSA) is 60.4 Å². The molecule has 0 N–H and O–H groups in total. The number of esters is 1. The minimum Gasteiger partial charge on any atom is -0.461 e. The van der Waals surface area contributed by atoms with Gasteiger partial charge in [0.2, 0.25) is 0 Å². The quantitative estimate of drug-likeness (QED) is 0.275. The minimum atomic E-state index is -0.609. The van der Waals surface area contributed by atoms with E-state index in [1.165, 1.54) is 7.11 Å². The lowest BCUT2D eigenvalue weighted by atomic mass is 10.1. The van der Waals surface area contributed by atoms with Crippen LogP contribution in [-0.4, -0.2) is 37.6 Å². The van der Waals surface area contributed by atoms with Crippen LogP contribution in [0.5, 0.6) is 0 Å². The van der Waals surface area contributed by atoms with Crippen molar-refractivity contribution in [1.29, 1.82) is 0 Å². The Balaban J connectivity index is 2.68. The Bertz CT molecular complexity index is 232. The lowest BCUT2D eigenvalue weighted by Crippen LogP contribution is -2.31. The van der Waals surface area contributed by atoms with Gasteiger partial charge in [0.15, 0.2) is 5.71 Å². The van der Waals surface area contributed by atoms with Gasteiger partial charge in [-0.1, -0.05) is 5.16 Å². The molecule has 1 rings (SSSR count). The number of carbonyl (C=O) groups is 1. The van der Waals surface area contributed by atoms with E-state index in [2.05, 4.69) is 9.99 Å². The SMILES string of the molecule is CCOC(=O)/C(=N/OC)C1(C)CO1. The van der Waals surface area contributed by atoms with E-state index in [1.54, 1.807) is 13.8 Å². The largest absolute Gasteiger partial charge is 0.461 e. The van der Waals surface area contributed by atoms with Crippen molar-refractivity contribution in [3.63, 3.8) is 0 Å². The van der Waals surface area contributed by atoms with Crippen LogP contribution < -0.4 is 0 Å². The van der Waals surface area contributed by atoms with E-state index in [0.29, 0.717) is 13.2 Å². The number of rotatable bonds is 4. The molecule has 5 heteroatoms. The first-order valence-electron chi connectivity index (χ1n) is 4.06. The smallest absolute Gasteiger partial charge is 0.359 e. The first-order valence-corrected chi connectivity index (χ1v) is 4.06. The van der Waals surface area contributed by atoms with Crippen molar-refractivity contribution in [3.05, 3.63) is 0 Å². The normalized spacial score (nSPS) is 26.8. The van der Waals surface area contributed by atoms with Gasteiger partial charge in [-0.05, 0) is 13.8 Å². The zero-order valence-corrected chi connectivity index (χ0v) is 7.99. The van der Waals surface area contributed by atoms with E-state index in [4.69, 9.17) is 9.47 Å². The highest BCUT2D eigenvalue weighted by Crippen LogP contribution is 2.28. The second-order valence-corrected chi connectivity index (χ2v) is 2.86. The Labute approximate surface area is 76.6 Å². The minimum absolute atomic E-state index is 0.192. The van der Waals surface area contributed by atoms with Gasteiger partial charge in [-0.25, -0.2) is 4.79 Å². The number of carbonyl (C=O) groups excluding carboxylic acids is 1. The average molecular weight is 187 g/mol. The molecule has 0 amide bonds. The zero-order chi connectivity index (χ0) is 9.90. The van der Waals surface area contributed by atoms with Crippen LogP contribution in [0.15, 0.2) is 5.16 Å². The van der Waals surface area contributed by atoms with Crippen molar-refractivity contribution in [1.82, 2.24) is 0 Å². The maximum atomic E-state index is 11.3. The van der Waals surface area contributed by atoms with Crippen molar-refractivity contribution in [2.24, 2.45) is 5.16 Å². The lowest BCUT2D eigenvalue weighted by Gasteiger charge is -2.07. The number of epoxide rings is 1. The third kappa shape index (κ3) is 2.18. The molecule has 0 radical (unpaired) electrons. The molecule has 1 fully saturated rings. The fourth-order valence-corrected chi connectivity index (χ4v) is 0.885. The van der Waals surface area contributed by atoms with Gasteiger partial charge in [-0.15, -0.1) is 0 Å². The number of hydrogen-bond donors (Lipinski definition) is 0. The molecule has 74 valence electrons. The second-order valence-electron chi connectivity index (χ2n) is 2.86. The highest BCUT2D eigenvalue weighted by Gasteiger charge is 2.49. The summed E-state index contributed by atoms with van der Waals surface area (Å²) in [6, 6.07) is 0. The summed E-state index contributed by atoms with van der Waals surface area (Å²) in [5, 5.41) is 3.59. The van der Waals surface area contributed by atoms with E-state index >= 15 is 0 Å². The van der Waals surface area contributed by atoms with Crippen molar-refractivity contribution >= 4 is 11.7 Å². The Morgan fingerprint density at radius 3 is 2.69 bits per heavy atom. The van der Waals surface area contributed by atoms with Gasteiger partial charge in [0.05, 0.1) is 13.2 Å². The van der Waals surface area contributed by atoms with E-state index in [0.717, 1.165) is 0 Å². The van der Waals surface area contributed by atoms with E-state index < -0.39 is 11.6 Å². The number of oxime groups is 1. The van der Waals surface area contributed by atoms with Crippen LogP contribution in [0.1, 0.15) is 13.8 Å². The van der Waals surface area contributed by atoms with Crippen LogP contribution >= 0.6 is 0 Å². The molecule has 5 nitrogen and oxygen atoms in total. The summed E-state index contributed by atoms with van der Waals surface area (Å²) in [5.41, 5.74) is -0.417. The van der Waals surface area contributed by atoms with Crippen molar-refractivity contribution in [3.8, 4) is 0 Å². The van der Waals surface area contributed by atoms with Gasteiger partial charge in [0, 0.05) is 0 Å². The summed E-state index contributed by atoms with van der Waals surface area (Å²) in [6.45, 7) is 4.30. The Hall–Kier alpha value is -1.10. The fourth-order valence-electron chi connectivity index (χ4n) is 0.885. The Kier molecular flexibility index (Phi) is 2.87. The molecule has 1 heterocycles. The Morgan fingerprint density at radius 1 is 1.69 bits per heavy atom. The third-order valence-electron chi connectivity index (χ3n) is 1.73. The van der Waals surface area contributed by atoms with Crippen LogP contribution in [0.25, 0.3) is 0 Å². The highest BCUT2D eigenvalue weighted by atomic mass is 16.6. The standard InChI is InChI=1S/C8H13NO4/c1-4-12-7(10)6(9-11-3)8(2)5-13-8/h4-5H2,1-3H3/b9-6-. The van der Waals surface area contributed by atoms with E-state index in [1.807, 2.05) is 0 Å². The van der Waals surface area contributed by atoms with Gasteiger partial charge in [-0.3, -0.25) is 0 Å². The molecule has 0 aromatic rings. The molecule has 0 aromatic carbocycles. The molecule has 0 aromatic heterocycles. The van der Waals surface area contributed by atoms with Gasteiger partial charge >= 0.3 is 5.97 Å². The van der Waals surface area contributed by atoms with Crippen LogP contribution in [0, 0.1) is 0 Å². The van der Waals surface area contributed by atoms with Gasteiger partial charge in [-0.2, -0.15) is 0 Å².